The molecular weight excluding hydrogens is 618 g/mol. The van der Waals surface area contributed by atoms with Gasteiger partial charge in [0.1, 0.15) is 23.8 Å². The van der Waals surface area contributed by atoms with Crippen molar-refractivity contribution in [2.24, 2.45) is 0 Å². The number of pyridine rings is 1. The van der Waals surface area contributed by atoms with Gasteiger partial charge in [-0.25, -0.2) is 19.8 Å². The second-order valence-electron chi connectivity index (χ2n) is 12.2. The molecule has 0 radical (unpaired) electrons. The van der Waals surface area contributed by atoms with Gasteiger partial charge in [-0.15, -0.1) is 6.58 Å². The smallest absolute Gasteiger partial charge is 0.334 e. The topological polar surface area (TPSA) is 114 Å². The zero-order valence-electron chi connectivity index (χ0n) is 26.9. The number of fused-ring (bicyclic) bond motifs is 2. The summed E-state index contributed by atoms with van der Waals surface area (Å²) >= 11 is 0. The van der Waals surface area contributed by atoms with Crippen LogP contribution in [-0.2, 0) is 29.1 Å². The lowest BCUT2D eigenvalue weighted by Gasteiger charge is -2.55. The fraction of sp³-hybridized carbons (Fsp3) is 0.211. The minimum absolute atomic E-state index is 0.0858. The first-order valence-electron chi connectivity index (χ1n) is 16.3. The van der Waals surface area contributed by atoms with Crippen LogP contribution in [0, 0.1) is 0 Å². The number of aromatic nitrogens is 2. The number of carbonyl (C=O) groups excluding carboxylic acids is 3. The fourth-order valence-electron chi connectivity index (χ4n) is 6.84. The van der Waals surface area contributed by atoms with Crippen molar-refractivity contribution in [1.82, 2.24) is 34.7 Å². The van der Waals surface area contributed by atoms with Gasteiger partial charge >= 0.3 is 6.03 Å². The third-order valence-corrected chi connectivity index (χ3v) is 9.08. The van der Waals surface area contributed by atoms with E-state index in [1.54, 1.807) is 56.4 Å². The number of phenols is 1. The Bertz CT molecular complexity index is 1980. The molecule has 2 fully saturated rings. The number of urea groups is 1. The summed E-state index contributed by atoms with van der Waals surface area (Å²) in [5, 5.41) is 17.2. The molecule has 49 heavy (non-hydrogen) atoms. The average molecular weight is 656 g/mol. The molecule has 0 spiro atoms. The van der Waals surface area contributed by atoms with Crippen LogP contribution in [0.15, 0.2) is 122 Å². The van der Waals surface area contributed by atoms with Crippen LogP contribution in [0.4, 0.5) is 4.79 Å². The molecule has 3 aromatic carbocycles. The Morgan fingerprint density at radius 1 is 0.939 bits per heavy atom. The highest BCUT2D eigenvalue weighted by atomic mass is 16.3. The first kappa shape index (κ1) is 31.6. The lowest BCUT2D eigenvalue weighted by atomic mass is 9.98. The Labute approximate surface area is 284 Å². The third kappa shape index (κ3) is 6.35. The van der Waals surface area contributed by atoms with Crippen LogP contribution in [0.25, 0.3) is 16.7 Å². The van der Waals surface area contributed by atoms with Gasteiger partial charge in [0.05, 0.1) is 18.6 Å². The summed E-state index contributed by atoms with van der Waals surface area (Å²) in [6, 6.07) is 28.7. The number of nitrogens with zero attached hydrogens (tertiary/aromatic N) is 6. The highest BCUT2D eigenvalue weighted by molar-refractivity contribution is 5.92. The number of hydrogen-bond donors (Lipinski definition) is 2. The van der Waals surface area contributed by atoms with Crippen molar-refractivity contribution < 1.29 is 19.5 Å². The molecule has 11 nitrogen and oxygen atoms in total. The Hall–Kier alpha value is -5.94. The van der Waals surface area contributed by atoms with E-state index >= 15 is 0 Å². The first-order chi connectivity index (χ1) is 23.9. The molecular formula is C38H37N7O4. The van der Waals surface area contributed by atoms with Crippen LogP contribution in [-0.4, -0.2) is 84.2 Å². The number of hydrogen-bond acceptors (Lipinski definition) is 6. The maximum absolute atomic E-state index is 14.5. The number of piperazine rings is 1. The van der Waals surface area contributed by atoms with Crippen molar-refractivity contribution in [1.29, 1.82) is 0 Å². The molecule has 0 saturated carbocycles. The molecule has 4 heterocycles. The molecule has 2 aliphatic rings. The first-order valence-corrected chi connectivity index (χ1v) is 16.3. The standard InChI is InChI=1S/C38H37N7O4/c1-2-20-42-26-35(47)44-32(22-27-14-16-31(46)17-15-27)37(48)41(25-34(44)45(42)38(49)40-23-28-9-4-3-5-10-28)24-30-12-8-11-29-18-21-43(36(29)30)33-13-6-7-19-39-33/h2-19,21,32,34,46H,1,20,22-26H2,(H,40,49). The predicted molar refractivity (Wildman–Crippen MR) is 185 cm³/mol. The third-order valence-electron chi connectivity index (χ3n) is 9.08. The van der Waals surface area contributed by atoms with Crippen molar-refractivity contribution in [3.63, 3.8) is 0 Å². The zero-order chi connectivity index (χ0) is 33.9. The van der Waals surface area contributed by atoms with Gasteiger partial charge in [-0.3, -0.25) is 9.59 Å². The number of amides is 4. The highest BCUT2D eigenvalue weighted by Gasteiger charge is 2.51. The average Bonchev–Trinajstić information content (AvgIpc) is 3.56. The minimum atomic E-state index is -0.882. The SMILES string of the molecule is C=CCN1CC(=O)N2C(Cc3ccc(O)cc3)C(=O)N(Cc3cccc4ccn(-c5ccccn5)c34)CC2N1C(=O)NCc1ccccc1. The van der Waals surface area contributed by atoms with Crippen molar-refractivity contribution in [3.05, 3.63) is 139 Å². The monoisotopic (exact) mass is 655 g/mol. The molecule has 2 saturated heterocycles. The van der Waals surface area contributed by atoms with E-state index in [0.29, 0.717) is 6.54 Å². The van der Waals surface area contributed by atoms with E-state index in [1.807, 2.05) is 83.6 Å². The maximum Gasteiger partial charge on any atom is 0.334 e. The maximum atomic E-state index is 14.5. The zero-order valence-corrected chi connectivity index (χ0v) is 26.9. The molecule has 2 unspecified atom stereocenters. The predicted octanol–water partition coefficient (Wildman–Crippen LogP) is 4.47. The van der Waals surface area contributed by atoms with Gasteiger partial charge in [0.15, 0.2) is 0 Å². The molecule has 248 valence electrons. The van der Waals surface area contributed by atoms with Crippen molar-refractivity contribution >= 4 is 28.7 Å². The van der Waals surface area contributed by atoms with E-state index in [0.717, 1.165) is 33.4 Å². The fourth-order valence-corrected chi connectivity index (χ4v) is 6.84. The van der Waals surface area contributed by atoms with Crippen LogP contribution < -0.4 is 5.32 Å². The number of nitrogens with one attached hydrogen (secondary N) is 1. The van der Waals surface area contributed by atoms with Crippen molar-refractivity contribution in [2.75, 3.05) is 19.6 Å². The lowest BCUT2D eigenvalue weighted by Crippen LogP contribution is -2.76. The van der Waals surface area contributed by atoms with Gasteiger partial charge in [0, 0.05) is 43.8 Å². The van der Waals surface area contributed by atoms with Crippen LogP contribution in [0.2, 0.25) is 0 Å². The minimum Gasteiger partial charge on any atom is -0.508 e. The van der Waals surface area contributed by atoms with E-state index in [2.05, 4.69) is 16.9 Å². The summed E-state index contributed by atoms with van der Waals surface area (Å²) in [5.41, 5.74) is 3.55. The van der Waals surface area contributed by atoms with E-state index in [1.165, 1.54) is 0 Å². The molecule has 2 atom stereocenters. The number of rotatable bonds is 9. The Kier molecular flexibility index (Phi) is 8.82. The molecule has 0 bridgehead atoms. The molecule has 7 rings (SSSR count). The van der Waals surface area contributed by atoms with Crippen LogP contribution >= 0.6 is 0 Å². The van der Waals surface area contributed by atoms with Crippen LogP contribution in [0.5, 0.6) is 5.75 Å². The Morgan fingerprint density at radius 2 is 1.73 bits per heavy atom. The largest absolute Gasteiger partial charge is 0.508 e. The number of aromatic hydroxyl groups is 1. The second kappa shape index (κ2) is 13.7. The number of hydrazine groups is 1. The Morgan fingerprint density at radius 3 is 2.49 bits per heavy atom. The van der Waals surface area contributed by atoms with Crippen LogP contribution in [0.3, 0.4) is 0 Å². The summed E-state index contributed by atoms with van der Waals surface area (Å²) in [5.74, 6) is 0.400. The molecule has 2 N–H and O–H groups in total. The van der Waals surface area contributed by atoms with Crippen LogP contribution in [0.1, 0.15) is 16.7 Å². The van der Waals surface area contributed by atoms with Gasteiger partial charge < -0.3 is 24.8 Å². The second-order valence-corrected chi connectivity index (χ2v) is 12.2. The van der Waals surface area contributed by atoms with E-state index in [9.17, 15) is 19.5 Å². The summed E-state index contributed by atoms with van der Waals surface area (Å²) in [4.78, 5) is 50.4. The van der Waals surface area contributed by atoms with Gasteiger partial charge in [0.25, 0.3) is 0 Å². The number of para-hydroxylation sites is 1. The normalized spacial score (nSPS) is 18.1. The van der Waals surface area contributed by atoms with E-state index in [4.69, 9.17) is 0 Å². The number of phenolic OH excluding ortho intramolecular Hbond substituents is 1. The molecule has 5 aromatic rings. The summed E-state index contributed by atoms with van der Waals surface area (Å²) in [6.45, 7) is 4.70. The summed E-state index contributed by atoms with van der Waals surface area (Å²) in [6.07, 6.45) is 4.81. The number of benzene rings is 3. The van der Waals surface area contributed by atoms with Gasteiger partial charge in [-0.2, -0.15) is 0 Å². The van der Waals surface area contributed by atoms with Crippen molar-refractivity contribution in [3.8, 4) is 11.6 Å². The van der Waals surface area contributed by atoms with Crippen molar-refractivity contribution in [2.45, 2.75) is 31.7 Å². The highest BCUT2D eigenvalue weighted by Crippen LogP contribution is 2.31. The van der Waals surface area contributed by atoms with E-state index in [-0.39, 0.29) is 56.2 Å². The van der Waals surface area contributed by atoms with Gasteiger partial charge in [0.2, 0.25) is 11.8 Å². The van der Waals surface area contributed by atoms with Gasteiger partial charge in [-0.05, 0) is 47.0 Å². The molecule has 2 aromatic heterocycles. The molecule has 4 amide bonds. The molecule has 11 heteroatoms. The molecule has 0 aliphatic carbocycles. The number of carbonyl (C=O) groups is 3. The van der Waals surface area contributed by atoms with Gasteiger partial charge in [-0.1, -0.05) is 72.8 Å². The summed E-state index contributed by atoms with van der Waals surface area (Å²) in [7, 11) is 0. The Balaban J connectivity index is 1.27. The molecule has 2 aliphatic heterocycles. The lowest BCUT2D eigenvalue weighted by molar-refractivity contribution is -0.189. The quantitative estimate of drug-likeness (QED) is 0.227. The summed E-state index contributed by atoms with van der Waals surface area (Å²) < 4.78 is 2.01. The van der Waals surface area contributed by atoms with E-state index < -0.39 is 12.2 Å².